The first-order valence-electron chi connectivity index (χ1n) is 4.36. The third kappa shape index (κ3) is 3.01. The molecule has 96 valence electrons. The van der Waals surface area contributed by atoms with Crippen LogP contribution in [0, 0.1) is 6.92 Å². The van der Waals surface area contributed by atoms with Gasteiger partial charge in [0.05, 0.1) is 9.79 Å². The van der Waals surface area contributed by atoms with Crippen molar-refractivity contribution in [2.75, 3.05) is 0 Å². The quantitative estimate of drug-likeness (QED) is 0.661. The summed E-state index contributed by atoms with van der Waals surface area (Å²) in [5, 5.41) is 0. The summed E-state index contributed by atoms with van der Waals surface area (Å²) in [7, 11) is -9.15. The van der Waals surface area contributed by atoms with E-state index in [-0.39, 0.29) is 17.7 Å². The van der Waals surface area contributed by atoms with E-state index in [0.717, 1.165) is 6.07 Å². The molecule has 9 heteroatoms. The molecule has 0 amide bonds. The second kappa shape index (κ2) is 4.35. The zero-order valence-corrected chi connectivity index (χ0v) is 10.4. The average Bonchev–Trinajstić information content (AvgIpc) is 2.14. The van der Waals surface area contributed by atoms with Gasteiger partial charge in [-0.15, -0.1) is 0 Å². The molecule has 17 heavy (non-hydrogen) atoms. The van der Waals surface area contributed by atoms with Crippen LogP contribution in [-0.2, 0) is 26.8 Å². The Labute approximate surface area is 98.8 Å². The van der Waals surface area contributed by atoms with Crippen molar-refractivity contribution in [3.63, 3.8) is 0 Å². The highest BCUT2D eigenvalue weighted by Gasteiger charge is 2.21. The van der Waals surface area contributed by atoms with Crippen molar-refractivity contribution in [2.24, 2.45) is 5.73 Å². The minimum atomic E-state index is -4.58. The van der Waals surface area contributed by atoms with Gasteiger partial charge in [0.15, 0.2) is 0 Å². The van der Waals surface area contributed by atoms with Gasteiger partial charge in [-0.25, -0.2) is 0 Å². The molecule has 7 nitrogen and oxygen atoms in total. The monoisotopic (exact) mass is 281 g/mol. The Morgan fingerprint density at radius 1 is 1.12 bits per heavy atom. The summed E-state index contributed by atoms with van der Waals surface area (Å²) < 4.78 is 61.7. The molecule has 4 N–H and O–H groups in total. The highest BCUT2D eigenvalue weighted by Crippen LogP contribution is 2.23. The first-order valence-corrected chi connectivity index (χ1v) is 7.24. The molecule has 0 spiro atoms. The summed E-state index contributed by atoms with van der Waals surface area (Å²) >= 11 is 0. The average molecular weight is 281 g/mol. The SMILES string of the molecule is Cc1c(CN)cc(S(=O)(=O)O)cc1S(=O)(=O)O. The molecule has 1 rings (SSSR count). The van der Waals surface area contributed by atoms with Crippen LogP contribution in [0.5, 0.6) is 0 Å². The van der Waals surface area contributed by atoms with Crippen LogP contribution in [0.25, 0.3) is 0 Å². The van der Waals surface area contributed by atoms with Crippen molar-refractivity contribution in [1.29, 1.82) is 0 Å². The number of benzene rings is 1. The lowest BCUT2D eigenvalue weighted by Gasteiger charge is -2.09. The molecule has 0 radical (unpaired) electrons. The predicted molar refractivity (Wildman–Crippen MR) is 58.7 cm³/mol. The highest BCUT2D eigenvalue weighted by molar-refractivity contribution is 7.86. The molecule has 0 aliphatic rings. The molecule has 0 bridgehead atoms. The maximum absolute atomic E-state index is 11.0. The van der Waals surface area contributed by atoms with Crippen molar-refractivity contribution in [2.45, 2.75) is 23.3 Å². The van der Waals surface area contributed by atoms with Gasteiger partial charge in [0.1, 0.15) is 0 Å². The van der Waals surface area contributed by atoms with E-state index in [9.17, 15) is 16.8 Å². The topological polar surface area (TPSA) is 135 Å². The van der Waals surface area contributed by atoms with Crippen LogP contribution in [0.1, 0.15) is 11.1 Å². The van der Waals surface area contributed by atoms with Crippen LogP contribution >= 0.6 is 0 Å². The van der Waals surface area contributed by atoms with Gasteiger partial charge >= 0.3 is 0 Å². The molecule has 0 aliphatic heterocycles. The van der Waals surface area contributed by atoms with E-state index in [2.05, 4.69) is 0 Å². The standard InChI is InChI=1S/C8H11NO6S2/c1-5-6(4-9)2-7(16(10,11)12)3-8(5)17(13,14)15/h2-3H,4,9H2,1H3,(H,10,11,12)(H,13,14,15). The molecule has 0 atom stereocenters. The van der Waals surface area contributed by atoms with Gasteiger partial charge in [-0.3, -0.25) is 9.11 Å². The second-order valence-electron chi connectivity index (χ2n) is 3.36. The van der Waals surface area contributed by atoms with Crippen molar-refractivity contribution >= 4 is 20.2 Å². The van der Waals surface area contributed by atoms with Crippen LogP contribution in [0.15, 0.2) is 21.9 Å². The highest BCUT2D eigenvalue weighted by atomic mass is 32.2. The molecule has 0 saturated carbocycles. The third-order valence-corrected chi connectivity index (χ3v) is 4.05. The first-order chi connectivity index (χ1) is 7.57. The Morgan fingerprint density at radius 3 is 2.00 bits per heavy atom. The maximum atomic E-state index is 11.0. The number of rotatable bonds is 3. The molecule has 0 aromatic heterocycles. The molecular weight excluding hydrogens is 270 g/mol. The van der Waals surface area contributed by atoms with Gasteiger partial charge in [-0.2, -0.15) is 16.8 Å². The van der Waals surface area contributed by atoms with Crippen molar-refractivity contribution < 1.29 is 25.9 Å². The van der Waals surface area contributed by atoms with E-state index in [1.54, 1.807) is 0 Å². The minimum Gasteiger partial charge on any atom is -0.326 e. The van der Waals surface area contributed by atoms with E-state index in [4.69, 9.17) is 14.8 Å². The van der Waals surface area contributed by atoms with Crippen LogP contribution in [-0.4, -0.2) is 25.9 Å². The van der Waals surface area contributed by atoms with Crippen molar-refractivity contribution in [3.8, 4) is 0 Å². The fraction of sp³-hybridized carbons (Fsp3) is 0.250. The summed E-state index contributed by atoms with van der Waals surface area (Å²) in [5.41, 5.74) is 5.66. The van der Waals surface area contributed by atoms with E-state index in [0.29, 0.717) is 6.07 Å². The Kier molecular flexibility index (Phi) is 3.60. The molecule has 0 heterocycles. The summed E-state index contributed by atoms with van der Waals surface area (Å²) in [6.07, 6.45) is 0. The van der Waals surface area contributed by atoms with Gasteiger partial charge in [-0.05, 0) is 30.2 Å². The lowest BCUT2D eigenvalue weighted by Crippen LogP contribution is -2.10. The van der Waals surface area contributed by atoms with E-state index in [1.807, 2.05) is 0 Å². The lowest BCUT2D eigenvalue weighted by molar-refractivity contribution is 0.480. The molecule has 0 saturated heterocycles. The van der Waals surface area contributed by atoms with Gasteiger partial charge in [-0.1, -0.05) is 0 Å². The summed E-state index contributed by atoms with van der Waals surface area (Å²) in [4.78, 5) is -1.22. The van der Waals surface area contributed by atoms with Gasteiger partial charge in [0.2, 0.25) is 0 Å². The summed E-state index contributed by atoms with van der Waals surface area (Å²) in [6.45, 7) is 1.25. The third-order valence-electron chi connectivity index (χ3n) is 2.24. The summed E-state index contributed by atoms with van der Waals surface area (Å²) in [6, 6.07) is 1.73. The van der Waals surface area contributed by atoms with Gasteiger partial charge in [0, 0.05) is 6.54 Å². The number of hydrogen-bond acceptors (Lipinski definition) is 5. The Hall–Kier alpha value is -1.00. The maximum Gasteiger partial charge on any atom is 0.294 e. The normalized spacial score (nSPS) is 12.7. The van der Waals surface area contributed by atoms with Crippen molar-refractivity contribution in [3.05, 3.63) is 23.3 Å². The largest absolute Gasteiger partial charge is 0.326 e. The van der Waals surface area contributed by atoms with E-state index in [1.165, 1.54) is 6.92 Å². The zero-order valence-electron chi connectivity index (χ0n) is 8.78. The first kappa shape index (κ1) is 14.1. The number of hydrogen-bond donors (Lipinski definition) is 3. The van der Waals surface area contributed by atoms with Crippen LogP contribution in [0.3, 0.4) is 0 Å². The Morgan fingerprint density at radius 2 is 1.65 bits per heavy atom. The predicted octanol–water partition coefficient (Wildman–Crippen LogP) is -0.0529. The molecule has 1 aromatic carbocycles. The zero-order chi connectivity index (χ0) is 13.4. The Bertz CT molecular complexity index is 647. The fourth-order valence-corrected chi connectivity index (χ4v) is 2.77. The lowest BCUT2D eigenvalue weighted by atomic mass is 10.1. The molecule has 0 fully saturated rings. The smallest absolute Gasteiger partial charge is 0.294 e. The Balaban J connectivity index is 3.74. The second-order valence-corrected chi connectivity index (χ2v) is 6.17. The fourth-order valence-electron chi connectivity index (χ4n) is 1.35. The summed E-state index contributed by atoms with van der Waals surface area (Å²) in [5.74, 6) is 0. The van der Waals surface area contributed by atoms with E-state index >= 15 is 0 Å². The van der Waals surface area contributed by atoms with Crippen molar-refractivity contribution in [1.82, 2.24) is 0 Å². The molecule has 0 aliphatic carbocycles. The van der Waals surface area contributed by atoms with Gasteiger partial charge in [0.25, 0.3) is 20.2 Å². The number of nitrogens with two attached hydrogens (primary N) is 1. The van der Waals surface area contributed by atoms with Crippen LogP contribution in [0.4, 0.5) is 0 Å². The van der Waals surface area contributed by atoms with Gasteiger partial charge < -0.3 is 5.73 Å². The minimum absolute atomic E-state index is 0.127. The van der Waals surface area contributed by atoms with Crippen LogP contribution < -0.4 is 5.73 Å². The molecule has 1 aromatic rings. The molecular formula is C8H11NO6S2. The van der Waals surface area contributed by atoms with Crippen LogP contribution in [0.2, 0.25) is 0 Å². The molecule has 0 unspecified atom stereocenters. The van der Waals surface area contributed by atoms with E-state index < -0.39 is 30.0 Å².